The number of sulfonamides is 1. The summed E-state index contributed by atoms with van der Waals surface area (Å²) in [5.74, 6) is 1.84. The Morgan fingerprint density at radius 2 is 1.77 bits per heavy atom. The molecule has 4 heterocycles. The third kappa shape index (κ3) is 3.23. The van der Waals surface area contributed by atoms with E-state index in [0.29, 0.717) is 50.9 Å². The molecule has 5 rings (SSSR count). The molecule has 2 aliphatic heterocycles. The maximum absolute atomic E-state index is 13.2. The van der Waals surface area contributed by atoms with E-state index in [1.807, 2.05) is 7.05 Å². The number of rotatable bonds is 3. The van der Waals surface area contributed by atoms with Crippen LogP contribution in [0.4, 0.5) is 5.82 Å². The zero-order chi connectivity index (χ0) is 20.7. The number of hydrogen-bond acceptors (Lipinski definition) is 8. The molecule has 1 aromatic carbocycles. The fourth-order valence-electron chi connectivity index (χ4n) is 3.80. The minimum Gasteiger partial charge on any atom is -0.490 e. The number of anilines is 1. The zero-order valence-corrected chi connectivity index (χ0v) is 17.4. The highest BCUT2D eigenvalue weighted by atomic mass is 32.2. The number of fused-ring (bicyclic) bond motifs is 2. The number of benzene rings is 1. The molecule has 158 valence electrons. The van der Waals surface area contributed by atoms with Gasteiger partial charge in [0.1, 0.15) is 12.1 Å². The fourth-order valence-corrected chi connectivity index (χ4v) is 5.23. The number of hydrogen-bond donors (Lipinski definition) is 0. The van der Waals surface area contributed by atoms with Crippen LogP contribution in [0.3, 0.4) is 0 Å². The van der Waals surface area contributed by atoms with Crippen molar-refractivity contribution in [3.63, 3.8) is 0 Å². The summed E-state index contributed by atoms with van der Waals surface area (Å²) in [5, 5.41) is 5.11. The largest absolute Gasteiger partial charge is 0.490 e. The van der Waals surface area contributed by atoms with Gasteiger partial charge in [-0.25, -0.2) is 18.4 Å². The summed E-state index contributed by atoms with van der Waals surface area (Å²) in [6.45, 7) is 2.87. The first-order valence-electron chi connectivity index (χ1n) is 9.81. The Morgan fingerprint density at radius 1 is 1.00 bits per heavy atom. The summed E-state index contributed by atoms with van der Waals surface area (Å²) in [6.07, 6.45) is 4.03. The SMILES string of the molecule is Cn1ncc2c(N3CCN(S(=O)(=O)c4ccc5c(c4)OCCCO5)CC3)ncnc21. The number of nitrogens with zero attached hydrogens (tertiary/aromatic N) is 6. The molecule has 11 heteroatoms. The number of piperazine rings is 1. The van der Waals surface area contributed by atoms with E-state index in [2.05, 4.69) is 20.0 Å². The maximum atomic E-state index is 13.2. The molecule has 0 radical (unpaired) electrons. The molecule has 2 aliphatic rings. The lowest BCUT2D eigenvalue weighted by Crippen LogP contribution is -2.49. The van der Waals surface area contributed by atoms with Gasteiger partial charge >= 0.3 is 0 Å². The Labute approximate surface area is 174 Å². The van der Waals surface area contributed by atoms with Crippen molar-refractivity contribution in [3.05, 3.63) is 30.7 Å². The minimum atomic E-state index is -3.63. The molecule has 0 atom stereocenters. The maximum Gasteiger partial charge on any atom is 0.243 e. The van der Waals surface area contributed by atoms with Gasteiger partial charge in [0.25, 0.3) is 0 Å². The molecule has 1 saturated heterocycles. The average molecular weight is 430 g/mol. The molecule has 0 spiro atoms. The number of aromatic nitrogens is 4. The van der Waals surface area contributed by atoms with Crippen LogP contribution in [0, 0.1) is 0 Å². The highest BCUT2D eigenvalue weighted by Gasteiger charge is 2.30. The lowest BCUT2D eigenvalue weighted by molar-refractivity contribution is 0.296. The second-order valence-corrected chi connectivity index (χ2v) is 9.19. The van der Waals surface area contributed by atoms with E-state index in [4.69, 9.17) is 9.47 Å². The van der Waals surface area contributed by atoms with Crippen LogP contribution in [0.1, 0.15) is 6.42 Å². The van der Waals surface area contributed by atoms with Crippen LogP contribution in [0.2, 0.25) is 0 Å². The van der Waals surface area contributed by atoms with Crippen LogP contribution in [-0.4, -0.2) is 71.9 Å². The van der Waals surface area contributed by atoms with Crippen molar-refractivity contribution in [2.24, 2.45) is 7.05 Å². The summed E-state index contributed by atoms with van der Waals surface area (Å²) in [4.78, 5) is 11.0. The molecule has 0 bridgehead atoms. The first-order chi connectivity index (χ1) is 14.5. The smallest absolute Gasteiger partial charge is 0.243 e. The van der Waals surface area contributed by atoms with Crippen LogP contribution in [-0.2, 0) is 17.1 Å². The van der Waals surface area contributed by atoms with Crippen molar-refractivity contribution in [2.75, 3.05) is 44.3 Å². The van der Waals surface area contributed by atoms with Gasteiger partial charge in [0.15, 0.2) is 17.1 Å². The van der Waals surface area contributed by atoms with Crippen LogP contribution >= 0.6 is 0 Å². The first kappa shape index (κ1) is 19.1. The second-order valence-electron chi connectivity index (χ2n) is 7.25. The van der Waals surface area contributed by atoms with Crippen molar-refractivity contribution in [2.45, 2.75) is 11.3 Å². The molecule has 0 unspecified atom stereocenters. The normalized spacial score (nSPS) is 17.8. The Hall–Kier alpha value is -2.92. The van der Waals surface area contributed by atoms with Crippen molar-refractivity contribution in [3.8, 4) is 11.5 Å². The minimum absolute atomic E-state index is 0.219. The molecule has 30 heavy (non-hydrogen) atoms. The summed E-state index contributed by atoms with van der Waals surface area (Å²) >= 11 is 0. The van der Waals surface area contributed by atoms with E-state index in [-0.39, 0.29) is 4.90 Å². The van der Waals surface area contributed by atoms with Gasteiger partial charge in [-0.05, 0) is 12.1 Å². The predicted molar refractivity (Wildman–Crippen MR) is 109 cm³/mol. The lowest BCUT2D eigenvalue weighted by Gasteiger charge is -2.34. The third-order valence-corrected chi connectivity index (χ3v) is 7.30. The van der Waals surface area contributed by atoms with Gasteiger partial charge in [-0.1, -0.05) is 0 Å². The molecule has 10 nitrogen and oxygen atoms in total. The van der Waals surface area contributed by atoms with Gasteiger partial charge in [0, 0.05) is 45.7 Å². The first-order valence-corrected chi connectivity index (χ1v) is 11.3. The van der Waals surface area contributed by atoms with Gasteiger partial charge < -0.3 is 14.4 Å². The van der Waals surface area contributed by atoms with Gasteiger partial charge in [-0.2, -0.15) is 9.40 Å². The summed E-state index contributed by atoms with van der Waals surface area (Å²) in [5.41, 5.74) is 0.752. The summed E-state index contributed by atoms with van der Waals surface area (Å²) in [6, 6.07) is 4.81. The highest BCUT2D eigenvalue weighted by Crippen LogP contribution is 2.33. The summed E-state index contributed by atoms with van der Waals surface area (Å²) in [7, 11) is -1.80. The van der Waals surface area contributed by atoms with E-state index >= 15 is 0 Å². The van der Waals surface area contributed by atoms with E-state index in [1.165, 1.54) is 10.6 Å². The molecule has 0 saturated carbocycles. The molecule has 1 fully saturated rings. The van der Waals surface area contributed by atoms with E-state index in [1.54, 1.807) is 29.1 Å². The fraction of sp³-hybridized carbons (Fsp3) is 0.421. The van der Waals surface area contributed by atoms with Crippen molar-refractivity contribution < 1.29 is 17.9 Å². The molecular formula is C19H22N6O4S. The lowest BCUT2D eigenvalue weighted by atomic mass is 10.3. The van der Waals surface area contributed by atoms with Crippen LogP contribution in [0.25, 0.3) is 11.0 Å². The average Bonchev–Trinajstić information content (AvgIpc) is 2.99. The Kier molecular flexibility index (Phi) is 4.70. The van der Waals surface area contributed by atoms with Crippen molar-refractivity contribution >= 4 is 26.9 Å². The van der Waals surface area contributed by atoms with Gasteiger partial charge in [0.05, 0.1) is 29.7 Å². The molecule has 0 aliphatic carbocycles. The topological polar surface area (TPSA) is 103 Å². The Morgan fingerprint density at radius 3 is 2.57 bits per heavy atom. The Balaban J connectivity index is 1.35. The quantitative estimate of drug-likeness (QED) is 0.607. The Bertz CT molecular complexity index is 1190. The van der Waals surface area contributed by atoms with E-state index < -0.39 is 10.0 Å². The third-order valence-electron chi connectivity index (χ3n) is 5.40. The second kappa shape index (κ2) is 7.40. The van der Waals surface area contributed by atoms with Crippen LogP contribution in [0.15, 0.2) is 35.6 Å². The standard InChI is InChI=1S/C19H22N6O4S/c1-23-18-15(12-22-23)19(21-13-20-18)24-5-7-25(8-6-24)30(26,27)14-3-4-16-17(11-14)29-10-2-9-28-16/h3-4,11-13H,2,5-10H2,1H3. The molecule has 0 amide bonds. The van der Waals surface area contributed by atoms with Crippen LogP contribution in [0.5, 0.6) is 11.5 Å². The van der Waals surface area contributed by atoms with Crippen LogP contribution < -0.4 is 14.4 Å². The zero-order valence-electron chi connectivity index (χ0n) is 16.6. The van der Waals surface area contributed by atoms with Crippen molar-refractivity contribution in [1.82, 2.24) is 24.1 Å². The molecular weight excluding hydrogens is 408 g/mol. The molecule has 3 aromatic rings. The summed E-state index contributed by atoms with van der Waals surface area (Å²) < 4.78 is 40.8. The molecule has 2 aromatic heterocycles. The van der Waals surface area contributed by atoms with Crippen molar-refractivity contribution in [1.29, 1.82) is 0 Å². The van der Waals surface area contributed by atoms with E-state index in [0.717, 1.165) is 23.3 Å². The number of ether oxygens (including phenoxy) is 2. The number of aryl methyl sites for hydroxylation is 1. The van der Waals surface area contributed by atoms with Gasteiger partial charge in [0.2, 0.25) is 10.0 Å². The van der Waals surface area contributed by atoms with Gasteiger partial charge in [-0.15, -0.1) is 0 Å². The highest BCUT2D eigenvalue weighted by molar-refractivity contribution is 7.89. The molecule has 0 N–H and O–H groups in total. The predicted octanol–water partition coefficient (Wildman–Crippen LogP) is 1.04. The van der Waals surface area contributed by atoms with E-state index in [9.17, 15) is 8.42 Å². The monoisotopic (exact) mass is 430 g/mol. The van der Waals surface area contributed by atoms with Gasteiger partial charge in [-0.3, -0.25) is 4.68 Å².